The number of fused-ring (bicyclic) bond motifs is 1. The monoisotopic (exact) mass is 364 g/mol. The number of piperidine rings is 1. The first-order valence-electron chi connectivity index (χ1n) is 8.85. The first-order chi connectivity index (χ1) is 11.6. The molecule has 138 valence electrons. The van der Waals surface area contributed by atoms with Crippen molar-refractivity contribution in [3.63, 3.8) is 0 Å². The fourth-order valence-corrected chi connectivity index (χ4v) is 5.30. The third kappa shape index (κ3) is 3.04. The molecule has 1 aliphatic heterocycles. The number of carbonyl (C=O) groups is 1. The lowest BCUT2D eigenvalue weighted by atomic mass is 9.65. The van der Waals surface area contributed by atoms with E-state index in [1.807, 2.05) is 32.9 Å². The van der Waals surface area contributed by atoms with Crippen molar-refractivity contribution in [3.8, 4) is 0 Å². The summed E-state index contributed by atoms with van der Waals surface area (Å²) < 4.78 is 16.0. The topological polar surface area (TPSA) is 75.6 Å². The van der Waals surface area contributed by atoms with E-state index in [0.717, 1.165) is 19.3 Å². The summed E-state index contributed by atoms with van der Waals surface area (Å²) >= 11 is -1.20. The molecule has 25 heavy (non-hydrogen) atoms. The van der Waals surface area contributed by atoms with Gasteiger partial charge in [0.2, 0.25) is 0 Å². The standard InChI is InChI=1S/C19H28N2O3S/c1-17(2,3)25(24)20-18(4)15-8-6-5-7-14(15)13-19(18)9-11-21(12-10-19)16(22)23/h5-8,20H,9-13H2,1-4H3,(H,22,23)/t18-,25+/m0/s1. The molecule has 1 aromatic rings. The van der Waals surface area contributed by atoms with Gasteiger partial charge in [-0.05, 0) is 58.1 Å². The lowest BCUT2D eigenvalue weighted by Crippen LogP contribution is -2.59. The molecular weight excluding hydrogens is 336 g/mol. The van der Waals surface area contributed by atoms with Crippen LogP contribution in [0.5, 0.6) is 0 Å². The fraction of sp³-hybridized carbons (Fsp3) is 0.632. The highest BCUT2D eigenvalue weighted by atomic mass is 32.2. The molecule has 1 amide bonds. The lowest BCUT2D eigenvalue weighted by molar-refractivity contribution is 0.0401. The Bertz CT molecular complexity index is 665. The molecule has 0 saturated carbocycles. The van der Waals surface area contributed by atoms with Gasteiger partial charge in [-0.3, -0.25) is 0 Å². The second-order valence-electron chi connectivity index (χ2n) is 8.49. The average molecular weight is 365 g/mol. The van der Waals surface area contributed by atoms with Crippen LogP contribution in [-0.2, 0) is 23.3 Å². The molecular formula is C19H28N2O3S. The van der Waals surface area contributed by atoms with Crippen LogP contribution in [0.3, 0.4) is 0 Å². The molecule has 6 heteroatoms. The van der Waals surface area contributed by atoms with Crippen molar-refractivity contribution in [2.75, 3.05) is 13.1 Å². The van der Waals surface area contributed by atoms with E-state index in [-0.39, 0.29) is 10.2 Å². The molecule has 0 radical (unpaired) electrons. The van der Waals surface area contributed by atoms with Crippen LogP contribution in [0.2, 0.25) is 0 Å². The number of benzene rings is 1. The zero-order valence-electron chi connectivity index (χ0n) is 15.5. The largest absolute Gasteiger partial charge is 0.598 e. The Morgan fingerprint density at radius 3 is 2.44 bits per heavy atom. The highest BCUT2D eigenvalue weighted by Gasteiger charge is 2.58. The van der Waals surface area contributed by atoms with Gasteiger partial charge in [0.15, 0.2) is 0 Å². The Hall–Kier alpha value is -1.24. The number of hydrogen-bond donors (Lipinski definition) is 2. The number of amides is 1. The molecule has 0 bridgehead atoms. The van der Waals surface area contributed by atoms with Crippen molar-refractivity contribution in [1.82, 2.24) is 9.62 Å². The van der Waals surface area contributed by atoms with Gasteiger partial charge in [0.05, 0.1) is 5.54 Å². The summed E-state index contributed by atoms with van der Waals surface area (Å²) in [6.07, 6.45) is 1.61. The molecule has 0 aromatic heterocycles. The van der Waals surface area contributed by atoms with Crippen LogP contribution in [0.25, 0.3) is 0 Å². The summed E-state index contributed by atoms with van der Waals surface area (Å²) in [5.74, 6) is 0. The Morgan fingerprint density at radius 1 is 1.28 bits per heavy atom. The maximum atomic E-state index is 12.9. The molecule has 5 nitrogen and oxygen atoms in total. The summed E-state index contributed by atoms with van der Waals surface area (Å²) in [4.78, 5) is 12.8. The minimum Gasteiger partial charge on any atom is -0.598 e. The molecule has 2 N–H and O–H groups in total. The van der Waals surface area contributed by atoms with Gasteiger partial charge in [0, 0.05) is 29.9 Å². The van der Waals surface area contributed by atoms with Gasteiger partial charge in [0.1, 0.15) is 4.75 Å². The summed E-state index contributed by atoms with van der Waals surface area (Å²) in [6.45, 7) is 9.13. The van der Waals surface area contributed by atoms with Crippen molar-refractivity contribution >= 4 is 17.5 Å². The number of nitrogens with one attached hydrogen (secondary N) is 1. The van der Waals surface area contributed by atoms with E-state index in [1.54, 1.807) is 0 Å². The maximum Gasteiger partial charge on any atom is 0.407 e. The fourth-order valence-electron chi connectivity index (χ4n) is 4.29. The van der Waals surface area contributed by atoms with Crippen molar-refractivity contribution in [1.29, 1.82) is 0 Å². The molecule has 1 heterocycles. The first kappa shape index (κ1) is 18.5. The highest BCUT2D eigenvalue weighted by Crippen LogP contribution is 2.56. The van der Waals surface area contributed by atoms with Crippen molar-refractivity contribution in [2.45, 2.75) is 57.2 Å². The van der Waals surface area contributed by atoms with Crippen LogP contribution in [-0.4, -0.2) is 38.5 Å². The van der Waals surface area contributed by atoms with E-state index >= 15 is 0 Å². The van der Waals surface area contributed by atoms with Crippen LogP contribution >= 0.6 is 0 Å². The van der Waals surface area contributed by atoms with E-state index in [9.17, 15) is 14.5 Å². The van der Waals surface area contributed by atoms with E-state index in [1.165, 1.54) is 16.0 Å². The number of carboxylic acid groups (broad SMARTS) is 1. The van der Waals surface area contributed by atoms with Crippen LogP contribution < -0.4 is 4.72 Å². The van der Waals surface area contributed by atoms with Crippen LogP contribution in [0.15, 0.2) is 24.3 Å². The summed E-state index contributed by atoms with van der Waals surface area (Å²) in [7, 11) is 0. The quantitative estimate of drug-likeness (QED) is 0.790. The van der Waals surface area contributed by atoms with Gasteiger partial charge >= 0.3 is 6.09 Å². The molecule has 1 spiro atoms. The van der Waals surface area contributed by atoms with Gasteiger partial charge in [0.25, 0.3) is 0 Å². The second kappa shape index (κ2) is 6.18. The molecule has 1 fully saturated rings. The van der Waals surface area contributed by atoms with Gasteiger partial charge in [-0.1, -0.05) is 24.3 Å². The molecule has 1 aromatic carbocycles. The van der Waals surface area contributed by atoms with Gasteiger partial charge < -0.3 is 14.6 Å². The highest BCUT2D eigenvalue weighted by molar-refractivity contribution is 7.90. The normalized spacial score (nSPS) is 26.5. The SMILES string of the molecule is CC(C)(C)[S@@+]([O-])N[C@@]1(C)c2ccccc2CC12CCN(C(=O)O)CC2. The zero-order chi connectivity index (χ0) is 18.5. The Labute approximate surface area is 153 Å². The van der Waals surface area contributed by atoms with E-state index in [4.69, 9.17) is 0 Å². The molecule has 3 rings (SSSR count). The molecule has 2 aliphatic rings. The van der Waals surface area contributed by atoms with Crippen molar-refractivity contribution < 1.29 is 14.5 Å². The lowest BCUT2D eigenvalue weighted by Gasteiger charge is -2.49. The van der Waals surface area contributed by atoms with Gasteiger partial charge in [-0.15, -0.1) is 4.72 Å². The van der Waals surface area contributed by atoms with E-state index in [2.05, 4.69) is 23.8 Å². The van der Waals surface area contributed by atoms with Gasteiger partial charge in [-0.25, -0.2) is 4.79 Å². The summed E-state index contributed by atoms with van der Waals surface area (Å²) in [5.41, 5.74) is 1.96. The molecule has 2 atom stereocenters. The Morgan fingerprint density at radius 2 is 1.88 bits per heavy atom. The average Bonchev–Trinajstić information content (AvgIpc) is 2.76. The Balaban J connectivity index is 1.97. The smallest absolute Gasteiger partial charge is 0.407 e. The minimum atomic E-state index is -1.20. The number of rotatable bonds is 2. The van der Waals surface area contributed by atoms with E-state index in [0.29, 0.717) is 13.1 Å². The minimum absolute atomic E-state index is 0.108. The summed E-state index contributed by atoms with van der Waals surface area (Å²) in [6, 6.07) is 8.35. The zero-order valence-corrected chi connectivity index (χ0v) is 16.3. The van der Waals surface area contributed by atoms with Crippen molar-refractivity contribution in [3.05, 3.63) is 35.4 Å². The summed E-state index contributed by atoms with van der Waals surface area (Å²) in [5, 5.41) is 9.29. The van der Waals surface area contributed by atoms with Crippen LogP contribution in [0.1, 0.15) is 51.7 Å². The number of nitrogens with zero attached hydrogens (tertiary/aromatic N) is 1. The van der Waals surface area contributed by atoms with E-state index < -0.39 is 23.0 Å². The van der Waals surface area contributed by atoms with Crippen molar-refractivity contribution in [2.24, 2.45) is 5.41 Å². The third-order valence-electron chi connectivity index (χ3n) is 5.99. The maximum absolute atomic E-state index is 12.9. The molecule has 0 unspecified atom stereocenters. The molecule has 1 saturated heterocycles. The third-order valence-corrected chi connectivity index (χ3v) is 7.70. The second-order valence-corrected chi connectivity index (χ2v) is 10.5. The number of likely N-dealkylation sites (tertiary alicyclic amines) is 1. The predicted octanol–water partition coefficient (Wildman–Crippen LogP) is 3.27. The van der Waals surface area contributed by atoms with Crippen LogP contribution in [0.4, 0.5) is 4.79 Å². The predicted molar refractivity (Wildman–Crippen MR) is 99.8 cm³/mol. The molecule has 1 aliphatic carbocycles. The van der Waals surface area contributed by atoms with Gasteiger partial charge in [-0.2, -0.15) is 0 Å². The van der Waals surface area contributed by atoms with Crippen LogP contribution in [0, 0.1) is 5.41 Å². The Kier molecular flexibility index (Phi) is 4.58. The number of hydrogen-bond acceptors (Lipinski definition) is 3. The first-order valence-corrected chi connectivity index (χ1v) is 10.0.